The lowest BCUT2D eigenvalue weighted by molar-refractivity contribution is 0.312. The minimum absolute atomic E-state index is 0.514. The summed E-state index contributed by atoms with van der Waals surface area (Å²) in [5.74, 6) is 2.11. The van der Waals surface area contributed by atoms with E-state index in [1.807, 2.05) is 36.4 Å². The van der Waals surface area contributed by atoms with E-state index in [0.717, 1.165) is 43.1 Å². The molecule has 0 N–H and O–H groups in total. The monoisotopic (exact) mass is 399 g/mol. The van der Waals surface area contributed by atoms with Crippen LogP contribution in [0.1, 0.15) is 11.1 Å². The van der Waals surface area contributed by atoms with Gasteiger partial charge in [-0.25, -0.2) is 9.97 Å². The van der Waals surface area contributed by atoms with Crippen molar-refractivity contribution in [2.75, 3.05) is 45.2 Å². The molecule has 0 spiro atoms. The van der Waals surface area contributed by atoms with Crippen LogP contribution in [0.3, 0.4) is 0 Å². The highest BCUT2D eigenvalue weighted by Gasteiger charge is 2.23. The van der Waals surface area contributed by atoms with Gasteiger partial charge >= 0.3 is 0 Å². The fourth-order valence-corrected chi connectivity index (χ4v) is 3.59. The first-order valence-corrected chi connectivity index (χ1v) is 10.1. The van der Waals surface area contributed by atoms with E-state index in [-0.39, 0.29) is 0 Å². The molecule has 1 saturated heterocycles. The van der Waals surface area contributed by atoms with Crippen molar-refractivity contribution < 1.29 is 4.74 Å². The number of hydrogen-bond donors (Lipinski definition) is 0. The van der Waals surface area contributed by atoms with Crippen molar-refractivity contribution in [3.63, 3.8) is 0 Å². The largest absolute Gasteiger partial charge is 0.497 e. The third kappa shape index (κ3) is 3.98. The zero-order chi connectivity index (χ0) is 21.1. The van der Waals surface area contributed by atoms with Gasteiger partial charge in [0, 0.05) is 37.3 Å². The first kappa shape index (κ1) is 19.9. The van der Waals surface area contributed by atoms with E-state index in [0.29, 0.717) is 22.9 Å². The van der Waals surface area contributed by atoms with Crippen LogP contribution in [0, 0.1) is 18.3 Å². The molecule has 0 aliphatic carbocycles. The molecule has 4 rings (SSSR count). The van der Waals surface area contributed by atoms with Gasteiger partial charge in [0.25, 0.3) is 0 Å². The lowest BCUT2D eigenvalue weighted by Crippen LogP contribution is -2.45. The number of aryl methyl sites for hydroxylation is 1. The minimum atomic E-state index is 0.514. The van der Waals surface area contributed by atoms with Crippen molar-refractivity contribution in [1.29, 1.82) is 5.26 Å². The Kier molecular flexibility index (Phi) is 5.64. The summed E-state index contributed by atoms with van der Waals surface area (Å²) in [5.41, 5.74) is 4.16. The van der Waals surface area contributed by atoms with Gasteiger partial charge in [-0.05, 0) is 38.2 Å². The summed E-state index contributed by atoms with van der Waals surface area (Å²) in [7, 11) is 3.75. The number of methoxy groups -OCH3 is 1. The number of anilines is 1. The Hall–Kier alpha value is -3.43. The normalized spacial score (nSPS) is 14.4. The van der Waals surface area contributed by atoms with Crippen LogP contribution in [0.5, 0.6) is 5.75 Å². The molecule has 0 saturated carbocycles. The van der Waals surface area contributed by atoms with Gasteiger partial charge in [0.1, 0.15) is 17.4 Å². The molecule has 1 aliphatic rings. The number of benzene rings is 2. The molecule has 6 nitrogen and oxygen atoms in total. The maximum atomic E-state index is 10.1. The van der Waals surface area contributed by atoms with Crippen molar-refractivity contribution in [1.82, 2.24) is 14.9 Å². The molecular formula is C24H25N5O. The van der Waals surface area contributed by atoms with Crippen LogP contribution in [0.15, 0.2) is 48.5 Å². The third-order valence-corrected chi connectivity index (χ3v) is 5.48. The van der Waals surface area contributed by atoms with Crippen molar-refractivity contribution in [3.05, 3.63) is 59.7 Å². The summed E-state index contributed by atoms with van der Waals surface area (Å²) < 4.78 is 5.28. The maximum absolute atomic E-state index is 10.1. The Bertz CT molecular complexity index is 1060. The second-order valence-electron chi connectivity index (χ2n) is 7.59. The lowest BCUT2D eigenvalue weighted by Gasteiger charge is -2.34. The average molecular weight is 399 g/mol. The van der Waals surface area contributed by atoms with Gasteiger partial charge in [0.05, 0.1) is 12.8 Å². The highest BCUT2D eigenvalue weighted by molar-refractivity contribution is 5.76. The number of piperazine rings is 1. The molecule has 0 unspecified atom stereocenters. The van der Waals surface area contributed by atoms with Crippen molar-refractivity contribution in [3.8, 4) is 34.5 Å². The van der Waals surface area contributed by atoms with Gasteiger partial charge in [-0.1, -0.05) is 29.8 Å². The summed E-state index contributed by atoms with van der Waals surface area (Å²) in [6, 6.07) is 18.2. The molecule has 0 bridgehead atoms. The zero-order valence-electron chi connectivity index (χ0n) is 17.6. The molecule has 1 aliphatic heterocycles. The Morgan fingerprint density at radius 2 is 1.53 bits per heavy atom. The van der Waals surface area contributed by atoms with E-state index in [9.17, 15) is 5.26 Å². The van der Waals surface area contributed by atoms with Crippen molar-refractivity contribution >= 4 is 5.82 Å². The van der Waals surface area contributed by atoms with Crippen LogP contribution in [0.2, 0.25) is 0 Å². The van der Waals surface area contributed by atoms with Crippen LogP contribution >= 0.6 is 0 Å². The predicted octanol–water partition coefficient (Wildman–Crippen LogP) is 3.75. The topological polar surface area (TPSA) is 65.3 Å². The highest BCUT2D eigenvalue weighted by atomic mass is 16.5. The van der Waals surface area contributed by atoms with Gasteiger partial charge in [-0.15, -0.1) is 0 Å². The lowest BCUT2D eigenvalue weighted by atomic mass is 10.0. The summed E-state index contributed by atoms with van der Waals surface area (Å²) >= 11 is 0. The first-order chi connectivity index (χ1) is 14.6. The van der Waals surface area contributed by atoms with E-state index in [2.05, 4.69) is 42.0 Å². The Morgan fingerprint density at radius 1 is 0.900 bits per heavy atom. The number of rotatable bonds is 4. The smallest absolute Gasteiger partial charge is 0.162 e. The van der Waals surface area contributed by atoms with Crippen molar-refractivity contribution in [2.24, 2.45) is 0 Å². The van der Waals surface area contributed by atoms with Crippen molar-refractivity contribution in [2.45, 2.75) is 6.92 Å². The van der Waals surface area contributed by atoms with E-state index in [1.165, 1.54) is 5.56 Å². The predicted molar refractivity (Wildman–Crippen MR) is 119 cm³/mol. The highest BCUT2D eigenvalue weighted by Crippen LogP contribution is 2.32. The Morgan fingerprint density at radius 3 is 2.13 bits per heavy atom. The molecular weight excluding hydrogens is 374 g/mol. The standard InChI is InChI=1S/C24H25N5O/c1-17-4-6-19(7-5-17)23-26-22(18-8-10-20(30-3)11-9-18)21(16-25)24(27-23)29-14-12-28(2)13-15-29/h4-11H,12-15H2,1-3H3. The van der Waals surface area contributed by atoms with E-state index in [4.69, 9.17) is 14.7 Å². The quantitative estimate of drug-likeness (QED) is 0.666. The fraction of sp³-hybridized carbons (Fsp3) is 0.292. The van der Waals surface area contributed by atoms with Gasteiger partial charge in [-0.2, -0.15) is 5.26 Å². The number of likely N-dealkylation sites (N-methyl/N-ethyl adjacent to an activating group) is 1. The number of aromatic nitrogens is 2. The molecule has 0 amide bonds. The van der Waals surface area contributed by atoms with Crippen LogP contribution in [0.4, 0.5) is 5.82 Å². The van der Waals surface area contributed by atoms with Crippen LogP contribution in [-0.2, 0) is 0 Å². The van der Waals surface area contributed by atoms with Gasteiger partial charge in [-0.3, -0.25) is 0 Å². The van der Waals surface area contributed by atoms with Crippen LogP contribution in [-0.4, -0.2) is 55.2 Å². The fourth-order valence-electron chi connectivity index (χ4n) is 3.59. The molecule has 3 aromatic rings. The molecule has 152 valence electrons. The second kappa shape index (κ2) is 8.52. The zero-order valence-corrected chi connectivity index (χ0v) is 17.6. The van der Waals surface area contributed by atoms with E-state index in [1.54, 1.807) is 7.11 Å². The molecule has 1 aromatic heterocycles. The maximum Gasteiger partial charge on any atom is 0.162 e. The SMILES string of the molecule is COc1ccc(-c2nc(-c3ccc(C)cc3)nc(N3CCN(C)CC3)c2C#N)cc1. The summed E-state index contributed by atoms with van der Waals surface area (Å²) in [4.78, 5) is 14.2. The molecule has 1 fully saturated rings. The average Bonchev–Trinajstić information content (AvgIpc) is 2.79. The number of hydrogen-bond acceptors (Lipinski definition) is 6. The Labute approximate surface area is 177 Å². The molecule has 30 heavy (non-hydrogen) atoms. The summed E-state index contributed by atoms with van der Waals surface area (Å²) in [6.07, 6.45) is 0. The number of nitrogens with zero attached hydrogens (tertiary/aromatic N) is 5. The number of nitriles is 1. The molecule has 0 radical (unpaired) electrons. The third-order valence-electron chi connectivity index (χ3n) is 5.48. The molecule has 6 heteroatoms. The van der Waals surface area contributed by atoms with E-state index < -0.39 is 0 Å². The Balaban J connectivity index is 1.88. The molecule has 2 aromatic carbocycles. The molecule has 2 heterocycles. The van der Waals surface area contributed by atoms with Crippen LogP contribution < -0.4 is 9.64 Å². The summed E-state index contributed by atoms with van der Waals surface area (Å²) in [6.45, 7) is 5.59. The summed E-state index contributed by atoms with van der Waals surface area (Å²) in [5, 5.41) is 10.1. The van der Waals surface area contributed by atoms with Gasteiger partial charge in [0.2, 0.25) is 0 Å². The van der Waals surface area contributed by atoms with E-state index >= 15 is 0 Å². The first-order valence-electron chi connectivity index (χ1n) is 10.1. The molecule has 0 atom stereocenters. The van der Waals surface area contributed by atoms with Gasteiger partial charge < -0.3 is 14.5 Å². The minimum Gasteiger partial charge on any atom is -0.497 e. The second-order valence-corrected chi connectivity index (χ2v) is 7.59. The number of ether oxygens (including phenoxy) is 1. The van der Waals surface area contributed by atoms with Gasteiger partial charge in [0.15, 0.2) is 11.6 Å². The van der Waals surface area contributed by atoms with Crippen LogP contribution in [0.25, 0.3) is 22.6 Å².